The molecule has 0 unspecified atom stereocenters. The van der Waals surface area contributed by atoms with Crippen LogP contribution < -0.4 is 20.3 Å². The van der Waals surface area contributed by atoms with E-state index in [9.17, 15) is 9.59 Å². The van der Waals surface area contributed by atoms with Crippen LogP contribution in [0.5, 0.6) is 5.75 Å². The molecule has 9 heteroatoms. The van der Waals surface area contributed by atoms with Crippen molar-refractivity contribution in [2.45, 2.75) is 38.6 Å². The summed E-state index contributed by atoms with van der Waals surface area (Å²) in [6, 6.07) is 5.76. The van der Waals surface area contributed by atoms with Gasteiger partial charge in [-0.05, 0) is 59.0 Å². The molecule has 1 aromatic heterocycles. The van der Waals surface area contributed by atoms with Gasteiger partial charge in [0.15, 0.2) is 5.13 Å². The Hall–Kier alpha value is -2.65. The van der Waals surface area contributed by atoms with Gasteiger partial charge in [-0.2, -0.15) is 0 Å². The normalized spacial score (nSPS) is 20.7. The van der Waals surface area contributed by atoms with Crippen molar-refractivity contribution < 1.29 is 14.3 Å². The van der Waals surface area contributed by atoms with Crippen molar-refractivity contribution in [1.29, 1.82) is 0 Å². The number of carbonyl (C=O) groups excluding carboxylic acids is 2. The molecule has 2 amide bonds. The number of anilines is 3. The van der Waals surface area contributed by atoms with E-state index in [0.717, 1.165) is 53.9 Å². The van der Waals surface area contributed by atoms with Crippen LogP contribution in [0.4, 0.5) is 16.5 Å². The lowest BCUT2D eigenvalue weighted by Crippen LogP contribution is -2.48. The number of nitrogens with one attached hydrogen (secondary N) is 2. The minimum atomic E-state index is -0.292. The van der Waals surface area contributed by atoms with Gasteiger partial charge in [0.1, 0.15) is 17.2 Å². The number of hydrogen-bond acceptors (Lipinski definition) is 7. The van der Waals surface area contributed by atoms with Crippen LogP contribution in [-0.4, -0.2) is 60.5 Å². The number of benzene rings is 1. The molecule has 2 aromatic rings. The van der Waals surface area contributed by atoms with Crippen LogP contribution in [0.1, 0.15) is 42.1 Å². The lowest BCUT2D eigenvalue weighted by molar-refractivity contribution is -0.121. The van der Waals surface area contributed by atoms with Gasteiger partial charge in [-0.25, -0.2) is 4.98 Å². The lowest BCUT2D eigenvalue weighted by atomic mass is 9.94. The van der Waals surface area contributed by atoms with Crippen LogP contribution in [0, 0.1) is 5.92 Å². The van der Waals surface area contributed by atoms with E-state index >= 15 is 0 Å². The third-order valence-corrected chi connectivity index (χ3v) is 7.48. The number of hydrogen-bond donors (Lipinski definition) is 2. The van der Waals surface area contributed by atoms with Gasteiger partial charge < -0.3 is 25.2 Å². The second kappa shape index (κ2) is 8.04. The largest absolute Gasteiger partial charge is 0.489 e. The molecule has 170 valence electrons. The quantitative estimate of drug-likeness (QED) is 0.740. The molecular weight excluding hydrogens is 426 g/mol. The molecule has 3 aliphatic heterocycles. The average molecular weight is 456 g/mol. The van der Waals surface area contributed by atoms with Crippen LogP contribution in [0.25, 0.3) is 0 Å². The van der Waals surface area contributed by atoms with Crippen LogP contribution in [-0.2, 0) is 11.2 Å². The third-order valence-electron chi connectivity index (χ3n) is 6.36. The highest BCUT2D eigenvalue weighted by Crippen LogP contribution is 2.41. The summed E-state index contributed by atoms with van der Waals surface area (Å²) in [6.45, 7) is 7.10. The van der Waals surface area contributed by atoms with Gasteiger partial charge in [-0.15, -0.1) is 0 Å². The van der Waals surface area contributed by atoms with E-state index in [1.807, 2.05) is 32.0 Å². The Morgan fingerprint density at radius 3 is 2.84 bits per heavy atom. The standard InChI is InChI=1S/C23H29N5O3S/c1-23(2)13-16-19(21(30)26-23)32-22(25-16)28-10-11-31-18-12-15(4-5-17(18)28)24-20(29)14-6-8-27(3)9-7-14/h4-5,12,14H,6-11,13H2,1-3H3,(H,24,29)(H,26,30). The van der Waals surface area contributed by atoms with E-state index in [4.69, 9.17) is 9.72 Å². The summed E-state index contributed by atoms with van der Waals surface area (Å²) in [6.07, 6.45) is 2.48. The molecule has 0 aliphatic carbocycles. The van der Waals surface area contributed by atoms with E-state index in [2.05, 4.69) is 27.5 Å². The molecule has 32 heavy (non-hydrogen) atoms. The van der Waals surface area contributed by atoms with Crippen LogP contribution in [0.15, 0.2) is 18.2 Å². The summed E-state index contributed by atoms with van der Waals surface area (Å²) in [7, 11) is 2.09. The molecule has 1 aromatic carbocycles. The van der Waals surface area contributed by atoms with E-state index in [0.29, 0.717) is 24.4 Å². The maximum absolute atomic E-state index is 12.7. The number of piperidine rings is 1. The Kier molecular flexibility index (Phi) is 5.33. The van der Waals surface area contributed by atoms with Crippen LogP contribution in [0.2, 0.25) is 0 Å². The topological polar surface area (TPSA) is 86.8 Å². The zero-order valence-corrected chi connectivity index (χ0v) is 19.6. The number of rotatable bonds is 3. The lowest BCUT2D eigenvalue weighted by Gasteiger charge is -2.30. The number of likely N-dealkylation sites (tertiary alicyclic amines) is 1. The van der Waals surface area contributed by atoms with Gasteiger partial charge in [0.25, 0.3) is 5.91 Å². The molecule has 0 spiro atoms. The number of amides is 2. The van der Waals surface area contributed by atoms with Gasteiger partial charge in [-0.3, -0.25) is 9.59 Å². The maximum atomic E-state index is 12.7. The van der Waals surface area contributed by atoms with Gasteiger partial charge in [0, 0.05) is 29.6 Å². The predicted molar refractivity (Wildman–Crippen MR) is 125 cm³/mol. The van der Waals surface area contributed by atoms with E-state index in [1.54, 1.807) is 0 Å². The fourth-order valence-electron chi connectivity index (χ4n) is 4.59. The molecule has 1 saturated heterocycles. The molecule has 1 fully saturated rings. The highest BCUT2D eigenvalue weighted by Gasteiger charge is 2.35. The SMILES string of the molecule is CN1CCC(C(=O)Nc2ccc3c(c2)OCCN3c2nc3c(s2)C(=O)NC(C)(C)C3)CC1. The van der Waals surface area contributed by atoms with Gasteiger partial charge >= 0.3 is 0 Å². The van der Waals surface area contributed by atoms with Gasteiger partial charge in [0.2, 0.25) is 5.91 Å². The Balaban J connectivity index is 1.35. The Morgan fingerprint density at radius 2 is 2.06 bits per heavy atom. The summed E-state index contributed by atoms with van der Waals surface area (Å²) in [5.74, 6) is 0.791. The van der Waals surface area contributed by atoms with Crippen molar-refractivity contribution in [3.63, 3.8) is 0 Å². The summed E-state index contributed by atoms with van der Waals surface area (Å²) in [4.78, 5) is 35.1. The fraction of sp³-hybridized carbons (Fsp3) is 0.522. The first-order chi connectivity index (χ1) is 15.3. The summed E-state index contributed by atoms with van der Waals surface area (Å²) >= 11 is 1.42. The van der Waals surface area contributed by atoms with Crippen molar-refractivity contribution in [1.82, 2.24) is 15.2 Å². The Labute approximate surface area is 191 Å². The average Bonchev–Trinajstić information content (AvgIpc) is 3.16. The number of fused-ring (bicyclic) bond motifs is 2. The number of thiazole rings is 1. The highest BCUT2D eigenvalue weighted by molar-refractivity contribution is 7.17. The first-order valence-electron chi connectivity index (χ1n) is 11.1. The zero-order valence-electron chi connectivity index (χ0n) is 18.7. The summed E-state index contributed by atoms with van der Waals surface area (Å²) in [5.41, 5.74) is 2.21. The number of carbonyl (C=O) groups is 2. The minimum Gasteiger partial charge on any atom is -0.489 e. The van der Waals surface area contributed by atoms with E-state index in [-0.39, 0.29) is 23.3 Å². The molecular formula is C23H29N5O3S. The van der Waals surface area contributed by atoms with Crippen molar-refractivity contribution in [3.05, 3.63) is 28.8 Å². The second-order valence-corrected chi connectivity index (χ2v) is 10.5. The van der Waals surface area contributed by atoms with Crippen molar-refractivity contribution in [2.75, 3.05) is 43.5 Å². The molecule has 0 saturated carbocycles. The number of ether oxygens (including phenoxy) is 1. The number of nitrogens with zero attached hydrogens (tertiary/aromatic N) is 3. The minimum absolute atomic E-state index is 0.0525. The van der Waals surface area contributed by atoms with E-state index < -0.39 is 0 Å². The monoisotopic (exact) mass is 455 g/mol. The molecule has 4 heterocycles. The molecule has 0 radical (unpaired) electrons. The number of aromatic nitrogens is 1. The molecule has 5 rings (SSSR count). The van der Waals surface area contributed by atoms with Gasteiger partial charge in [-0.1, -0.05) is 11.3 Å². The molecule has 8 nitrogen and oxygen atoms in total. The Bertz CT molecular complexity index is 1060. The first-order valence-corrected chi connectivity index (χ1v) is 12.0. The van der Waals surface area contributed by atoms with Crippen LogP contribution in [0.3, 0.4) is 0 Å². The fourth-order valence-corrected chi connectivity index (χ4v) is 5.61. The molecule has 2 N–H and O–H groups in total. The second-order valence-electron chi connectivity index (χ2n) is 9.54. The van der Waals surface area contributed by atoms with Gasteiger partial charge in [0.05, 0.1) is 17.9 Å². The molecule has 3 aliphatic rings. The summed E-state index contributed by atoms with van der Waals surface area (Å²) in [5, 5.41) is 6.91. The predicted octanol–water partition coefficient (Wildman–Crippen LogP) is 3.02. The maximum Gasteiger partial charge on any atom is 0.263 e. The molecule has 0 bridgehead atoms. The summed E-state index contributed by atoms with van der Waals surface area (Å²) < 4.78 is 5.91. The zero-order chi connectivity index (χ0) is 22.5. The highest BCUT2D eigenvalue weighted by atomic mass is 32.1. The Morgan fingerprint density at radius 1 is 1.28 bits per heavy atom. The van der Waals surface area contributed by atoms with Crippen molar-refractivity contribution in [3.8, 4) is 5.75 Å². The van der Waals surface area contributed by atoms with E-state index in [1.165, 1.54) is 11.3 Å². The van der Waals surface area contributed by atoms with Crippen molar-refractivity contribution >= 4 is 39.7 Å². The molecule has 0 atom stereocenters. The first kappa shape index (κ1) is 21.2. The smallest absolute Gasteiger partial charge is 0.263 e. The van der Waals surface area contributed by atoms with Crippen molar-refractivity contribution in [2.24, 2.45) is 5.92 Å². The third kappa shape index (κ3) is 4.06. The van der Waals surface area contributed by atoms with Crippen LogP contribution >= 0.6 is 11.3 Å².